The largest absolute Gasteiger partial charge is 0.471 e. The van der Waals surface area contributed by atoms with E-state index < -0.39 is 23.5 Å². The van der Waals surface area contributed by atoms with Crippen molar-refractivity contribution in [2.24, 2.45) is 5.73 Å². The molecule has 0 aliphatic rings. The number of nitrogen functional groups attached to an aromatic ring is 1. The van der Waals surface area contributed by atoms with Gasteiger partial charge in [0.2, 0.25) is 17.5 Å². The molecule has 0 spiro atoms. The van der Waals surface area contributed by atoms with Crippen molar-refractivity contribution >= 4 is 39.7 Å². The van der Waals surface area contributed by atoms with Crippen LogP contribution in [0.4, 0.5) is 21.0 Å². The van der Waals surface area contributed by atoms with Gasteiger partial charge >= 0.3 is 0 Å². The van der Waals surface area contributed by atoms with Gasteiger partial charge in [0.1, 0.15) is 29.2 Å². The van der Waals surface area contributed by atoms with Gasteiger partial charge in [-0.2, -0.15) is 0 Å². The third-order valence-corrected chi connectivity index (χ3v) is 5.97. The van der Waals surface area contributed by atoms with E-state index in [-0.39, 0.29) is 34.1 Å². The van der Waals surface area contributed by atoms with Gasteiger partial charge < -0.3 is 25.6 Å². The Morgan fingerprint density at radius 3 is 2.56 bits per heavy atom. The lowest BCUT2D eigenvalue weighted by Gasteiger charge is -2.26. The minimum atomic E-state index is -0.845. The summed E-state index contributed by atoms with van der Waals surface area (Å²) in [6.45, 7) is 1.82. The van der Waals surface area contributed by atoms with E-state index in [1.165, 1.54) is 35.2 Å². The van der Waals surface area contributed by atoms with Crippen LogP contribution < -0.4 is 21.1 Å². The molecule has 0 fully saturated rings. The second-order valence-electron chi connectivity index (χ2n) is 7.27. The summed E-state index contributed by atoms with van der Waals surface area (Å²) in [6.07, 6.45) is 0. The third-order valence-electron chi connectivity index (χ3n) is 4.90. The topological polar surface area (TPSA) is 138 Å². The minimum Gasteiger partial charge on any atom is -0.471 e. The molecule has 4 N–H and O–H groups in total. The Morgan fingerprint density at radius 1 is 1.18 bits per heavy atom. The van der Waals surface area contributed by atoms with Gasteiger partial charge in [0, 0.05) is 5.69 Å². The highest BCUT2D eigenvalue weighted by atomic mass is 32.1. The summed E-state index contributed by atoms with van der Waals surface area (Å²) in [6, 6.07) is 15.4. The summed E-state index contributed by atoms with van der Waals surface area (Å²) in [5.74, 6) is -1.62. The van der Waals surface area contributed by atoms with Crippen molar-refractivity contribution in [1.82, 2.24) is 10.1 Å². The van der Waals surface area contributed by atoms with Gasteiger partial charge in [0.05, 0.1) is 6.07 Å². The van der Waals surface area contributed by atoms with Gasteiger partial charge in [-0.3, -0.25) is 9.59 Å². The van der Waals surface area contributed by atoms with Crippen LogP contribution >= 0.6 is 11.3 Å². The number of carbonyl (C=O) groups excluding carboxylic acids is 2. The summed E-state index contributed by atoms with van der Waals surface area (Å²) in [7, 11) is 0. The lowest BCUT2D eigenvalue weighted by molar-refractivity contribution is -0.118. The van der Waals surface area contributed by atoms with Crippen LogP contribution in [0.5, 0.6) is 5.88 Å². The van der Waals surface area contributed by atoms with Gasteiger partial charge in [-0.05, 0) is 41.9 Å². The Morgan fingerprint density at radius 2 is 1.88 bits per heavy atom. The average molecular weight is 482 g/mol. The fourth-order valence-electron chi connectivity index (χ4n) is 3.09. The first-order valence-electron chi connectivity index (χ1n) is 10.1. The Bertz CT molecular complexity index is 1310. The highest BCUT2D eigenvalue weighted by molar-refractivity contribution is 7.18. The molecule has 0 bridgehead atoms. The standard InChI is InChI=1S/C23H20FN5O4S/c1-13(22(26)31)29(16-9-7-15(24)8-10-16)23-27-21(25)20(34-23)19(30)17-11-18(28-33-17)32-12-14-5-3-2-4-6-14/h2-11,13H,12,25H2,1H3,(H2,26,31)/t13-/m1/s1. The molecule has 34 heavy (non-hydrogen) atoms. The first-order chi connectivity index (χ1) is 16.3. The number of ketones is 1. The molecule has 0 unspecified atom stereocenters. The van der Waals surface area contributed by atoms with Crippen molar-refractivity contribution in [3.63, 3.8) is 0 Å². The molecular weight excluding hydrogens is 461 g/mol. The fourth-order valence-corrected chi connectivity index (χ4v) is 4.12. The average Bonchev–Trinajstić information content (AvgIpc) is 3.46. The number of anilines is 3. The quantitative estimate of drug-likeness (QED) is 0.345. The number of halogens is 1. The molecule has 1 amide bonds. The molecule has 2 aromatic heterocycles. The Kier molecular flexibility index (Phi) is 6.55. The highest BCUT2D eigenvalue weighted by Gasteiger charge is 2.28. The zero-order valence-electron chi connectivity index (χ0n) is 18.0. The number of primary amides is 1. The molecule has 0 aliphatic heterocycles. The maximum Gasteiger partial charge on any atom is 0.255 e. The molecule has 11 heteroatoms. The number of nitrogens with zero attached hydrogens (tertiary/aromatic N) is 3. The molecule has 0 aliphatic carbocycles. The zero-order valence-corrected chi connectivity index (χ0v) is 18.8. The molecule has 4 rings (SSSR count). The maximum atomic E-state index is 13.4. The number of thiazole rings is 1. The van der Waals surface area contributed by atoms with Crippen LogP contribution in [0.2, 0.25) is 0 Å². The second kappa shape index (κ2) is 9.71. The van der Waals surface area contributed by atoms with Gasteiger partial charge in [-0.25, -0.2) is 9.37 Å². The lowest BCUT2D eigenvalue weighted by Crippen LogP contribution is -2.39. The molecule has 0 radical (unpaired) electrons. The normalized spacial score (nSPS) is 11.7. The Balaban J connectivity index is 1.57. The number of amides is 1. The van der Waals surface area contributed by atoms with Crippen molar-refractivity contribution in [3.8, 4) is 5.88 Å². The summed E-state index contributed by atoms with van der Waals surface area (Å²) >= 11 is 0.945. The monoisotopic (exact) mass is 481 g/mol. The molecule has 9 nitrogen and oxygen atoms in total. The van der Waals surface area contributed by atoms with E-state index in [0.717, 1.165) is 16.9 Å². The van der Waals surface area contributed by atoms with Crippen LogP contribution in [0.25, 0.3) is 0 Å². The summed E-state index contributed by atoms with van der Waals surface area (Å²) in [5.41, 5.74) is 12.9. The molecule has 2 heterocycles. The molecule has 2 aromatic carbocycles. The van der Waals surface area contributed by atoms with Crippen LogP contribution in [0.1, 0.15) is 27.9 Å². The number of hydrogen-bond acceptors (Lipinski definition) is 9. The van der Waals surface area contributed by atoms with E-state index in [0.29, 0.717) is 5.69 Å². The zero-order chi connectivity index (χ0) is 24.2. The van der Waals surface area contributed by atoms with Crippen LogP contribution in [-0.4, -0.2) is 27.9 Å². The predicted molar refractivity (Wildman–Crippen MR) is 124 cm³/mol. The number of rotatable bonds is 9. The van der Waals surface area contributed by atoms with Gasteiger partial charge in [0.25, 0.3) is 5.88 Å². The predicted octanol–water partition coefficient (Wildman–Crippen LogP) is 3.67. The van der Waals surface area contributed by atoms with E-state index in [4.69, 9.17) is 20.7 Å². The highest BCUT2D eigenvalue weighted by Crippen LogP contribution is 2.36. The number of ether oxygens (including phenoxy) is 1. The number of aromatic nitrogens is 2. The van der Waals surface area contributed by atoms with Crippen molar-refractivity contribution in [2.45, 2.75) is 19.6 Å². The molecular formula is C23H20FN5O4S. The van der Waals surface area contributed by atoms with Crippen molar-refractivity contribution in [1.29, 1.82) is 0 Å². The van der Waals surface area contributed by atoms with Crippen LogP contribution in [0, 0.1) is 5.82 Å². The van der Waals surface area contributed by atoms with Crippen LogP contribution in [0.15, 0.2) is 65.2 Å². The van der Waals surface area contributed by atoms with Crippen LogP contribution in [-0.2, 0) is 11.4 Å². The second-order valence-corrected chi connectivity index (χ2v) is 8.25. The first kappa shape index (κ1) is 22.9. The first-order valence-corrected chi connectivity index (χ1v) is 10.9. The summed E-state index contributed by atoms with van der Waals surface area (Å²) in [4.78, 5) is 30.8. The summed E-state index contributed by atoms with van der Waals surface area (Å²) < 4.78 is 24.1. The van der Waals surface area contributed by atoms with E-state index >= 15 is 0 Å². The number of hydrogen-bond donors (Lipinski definition) is 2. The van der Waals surface area contributed by atoms with Crippen molar-refractivity contribution in [2.75, 3.05) is 10.6 Å². The maximum absolute atomic E-state index is 13.4. The fraction of sp³-hybridized carbons (Fsp3) is 0.130. The molecule has 0 saturated carbocycles. The van der Waals surface area contributed by atoms with E-state index in [1.807, 2.05) is 30.3 Å². The van der Waals surface area contributed by atoms with Crippen molar-refractivity contribution < 1.29 is 23.2 Å². The Hall–Kier alpha value is -4.25. The minimum absolute atomic E-state index is 0.0584. The molecule has 0 saturated heterocycles. The Labute approximate surface area is 197 Å². The number of nitrogens with two attached hydrogens (primary N) is 2. The number of benzene rings is 2. The third kappa shape index (κ3) is 4.89. The van der Waals surface area contributed by atoms with E-state index in [1.54, 1.807) is 6.92 Å². The van der Waals surface area contributed by atoms with Gasteiger partial charge in [-0.15, -0.1) is 0 Å². The van der Waals surface area contributed by atoms with Gasteiger partial charge in [0.15, 0.2) is 5.13 Å². The van der Waals surface area contributed by atoms with E-state index in [2.05, 4.69) is 10.1 Å². The summed E-state index contributed by atoms with van der Waals surface area (Å²) in [5, 5.41) is 4.01. The van der Waals surface area contributed by atoms with Crippen molar-refractivity contribution in [3.05, 3.63) is 82.7 Å². The smallest absolute Gasteiger partial charge is 0.255 e. The van der Waals surface area contributed by atoms with Gasteiger partial charge in [-0.1, -0.05) is 41.7 Å². The van der Waals surface area contributed by atoms with E-state index in [9.17, 15) is 14.0 Å². The molecule has 4 aromatic rings. The SMILES string of the molecule is C[C@H](C(N)=O)N(c1ccc(F)cc1)c1nc(N)c(C(=O)c2cc(OCc3ccccc3)no2)s1. The molecule has 174 valence electrons. The number of carbonyl (C=O) groups is 2. The lowest BCUT2D eigenvalue weighted by atomic mass is 10.2. The molecule has 1 atom stereocenters. The van der Waals surface area contributed by atoms with Crippen LogP contribution in [0.3, 0.4) is 0 Å².